The Morgan fingerprint density at radius 2 is 1.79 bits per heavy atom. The van der Waals surface area contributed by atoms with E-state index in [0.29, 0.717) is 6.54 Å². The fraction of sp³-hybridized carbons (Fsp3) is 0.600. The Morgan fingerprint density at radius 3 is 2.37 bits per heavy atom. The van der Waals surface area contributed by atoms with E-state index in [2.05, 4.69) is 29.6 Å². The zero-order valence-electron chi connectivity index (χ0n) is 11.7. The number of nitrogens with one attached hydrogen (secondary N) is 1. The first-order valence-corrected chi connectivity index (χ1v) is 7.76. The van der Waals surface area contributed by atoms with Crippen molar-refractivity contribution in [1.82, 2.24) is 0 Å². The van der Waals surface area contributed by atoms with Crippen molar-refractivity contribution in [3.8, 4) is 0 Å². The van der Waals surface area contributed by atoms with E-state index < -0.39 is 0 Å². The van der Waals surface area contributed by atoms with Crippen LogP contribution in [0.4, 0.5) is 5.69 Å². The second kappa shape index (κ2) is 7.78. The maximum Gasteiger partial charge on any atom is 0.173 e. The molecular formula is C15H23NO2S. The van der Waals surface area contributed by atoms with Crippen LogP contribution in [0, 0.1) is 0 Å². The van der Waals surface area contributed by atoms with Gasteiger partial charge in [-0.3, -0.25) is 0 Å². The highest BCUT2D eigenvalue weighted by Gasteiger charge is 2.15. The van der Waals surface area contributed by atoms with Crippen molar-refractivity contribution in [3.63, 3.8) is 0 Å². The fourth-order valence-electron chi connectivity index (χ4n) is 2.31. The summed E-state index contributed by atoms with van der Waals surface area (Å²) in [6, 6.07) is 8.64. The molecule has 0 heterocycles. The van der Waals surface area contributed by atoms with Gasteiger partial charge in [0.1, 0.15) is 0 Å². The molecule has 2 rings (SSSR count). The lowest BCUT2D eigenvalue weighted by Crippen LogP contribution is -2.23. The van der Waals surface area contributed by atoms with Crippen molar-refractivity contribution in [3.05, 3.63) is 24.3 Å². The molecule has 106 valence electrons. The first-order chi connectivity index (χ1) is 9.31. The molecule has 0 atom stereocenters. The van der Waals surface area contributed by atoms with Crippen LogP contribution in [0.2, 0.25) is 0 Å². The van der Waals surface area contributed by atoms with Crippen molar-refractivity contribution >= 4 is 17.4 Å². The van der Waals surface area contributed by atoms with Crippen LogP contribution in [-0.2, 0) is 9.47 Å². The first-order valence-electron chi connectivity index (χ1n) is 6.88. The van der Waals surface area contributed by atoms with Gasteiger partial charge in [0.15, 0.2) is 6.29 Å². The van der Waals surface area contributed by atoms with Gasteiger partial charge in [-0.05, 0) is 37.1 Å². The van der Waals surface area contributed by atoms with Crippen molar-refractivity contribution in [2.75, 3.05) is 26.1 Å². The number of thioether (sulfide) groups is 1. The van der Waals surface area contributed by atoms with Crippen LogP contribution in [0.5, 0.6) is 0 Å². The van der Waals surface area contributed by atoms with Gasteiger partial charge < -0.3 is 14.8 Å². The third-order valence-corrected chi connectivity index (χ3v) is 4.81. The minimum atomic E-state index is -0.201. The number of hydrogen-bond donors (Lipinski definition) is 1. The van der Waals surface area contributed by atoms with E-state index in [4.69, 9.17) is 9.47 Å². The summed E-state index contributed by atoms with van der Waals surface area (Å²) in [4.78, 5) is 1.37. The molecule has 1 saturated carbocycles. The fourth-order valence-corrected chi connectivity index (χ4v) is 3.56. The molecule has 1 aromatic rings. The standard InChI is InChI=1S/C15H23NO2S/c1-17-15(18-2)11-16-12-7-9-14(10-8-12)19-13-5-3-4-6-13/h7-10,13,15-16H,3-6,11H2,1-2H3. The lowest BCUT2D eigenvalue weighted by atomic mass is 10.3. The van der Waals surface area contributed by atoms with Crippen LogP contribution in [0.15, 0.2) is 29.2 Å². The second-order valence-corrected chi connectivity index (χ2v) is 6.20. The highest BCUT2D eigenvalue weighted by atomic mass is 32.2. The molecule has 1 fully saturated rings. The number of benzene rings is 1. The molecule has 0 radical (unpaired) electrons. The highest BCUT2D eigenvalue weighted by Crippen LogP contribution is 2.34. The van der Waals surface area contributed by atoms with Gasteiger partial charge in [-0.25, -0.2) is 0 Å². The van der Waals surface area contributed by atoms with Gasteiger partial charge in [0.25, 0.3) is 0 Å². The Labute approximate surface area is 120 Å². The third-order valence-electron chi connectivity index (χ3n) is 3.46. The molecule has 4 heteroatoms. The minimum absolute atomic E-state index is 0.201. The molecule has 0 aromatic heterocycles. The number of rotatable bonds is 7. The molecule has 0 saturated heterocycles. The normalized spacial score (nSPS) is 16.2. The van der Waals surface area contributed by atoms with Crippen LogP contribution in [0.1, 0.15) is 25.7 Å². The predicted octanol–water partition coefficient (Wildman–Crippen LogP) is 3.75. The van der Waals surface area contributed by atoms with Crippen LogP contribution < -0.4 is 5.32 Å². The number of ether oxygens (including phenoxy) is 2. The molecule has 0 bridgehead atoms. The minimum Gasteiger partial charge on any atom is -0.380 e. The molecular weight excluding hydrogens is 258 g/mol. The Balaban J connectivity index is 1.80. The highest BCUT2D eigenvalue weighted by molar-refractivity contribution is 8.00. The average Bonchev–Trinajstić information content (AvgIpc) is 2.95. The summed E-state index contributed by atoms with van der Waals surface area (Å²) < 4.78 is 10.3. The van der Waals surface area contributed by atoms with E-state index in [0.717, 1.165) is 10.9 Å². The summed E-state index contributed by atoms with van der Waals surface area (Å²) in [6.45, 7) is 0.655. The molecule has 19 heavy (non-hydrogen) atoms. The Bertz CT molecular complexity index is 359. The topological polar surface area (TPSA) is 30.5 Å². The third kappa shape index (κ3) is 4.71. The van der Waals surface area contributed by atoms with E-state index in [9.17, 15) is 0 Å². The summed E-state index contributed by atoms with van der Waals surface area (Å²) in [6.07, 6.45) is 5.33. The average molecular weight is 281 g/mol. The van der Waals surface area contributed by atoms with Crippen molar-refractivity contribution in [2.45, 2.75) is 42.1 Å². The maximum absolute atomic E-state index is 5.14. The number of hydrogen-bond acceptors (Lipinski definition) is 4. The summed E-state index contributed by atoms with van der Waals surface area (Å²) in [5.74, 6) is 0. The second-order valence-electron chi connectivity index (χ2n) is 4.83. The van der Waals surface area contributed by atoms with E-state index in [1.807, 2.05) is 11.8 Å². The van der Waals surface area contributed by atoms with Gasteiger partial charge in [0.05, 0.1) is 6.54 Å². The SMILES string of the molecule is COC(CNc1ccc(SC2CCCC2)cc1)OC. The smallest absolute Gasteiger partial charge is 0.173 e. The summed E-state index contributed by atoms with van der Waals surface area (Å²) in [7, 11) is 3.30. The zero-order chi connectivity index (χ0) is 13.5. The molecule has 0 aliphatic heterocycles. The monoisotopic (exact) mass is 281 g/mol. The van der Waals surface area contributed by atoms with Crippen LogP contribution in [0.25, 0.3) is 0 Å². The summed E-state index contributed by atoms with van der Waals surface area (Å²) >= 11 is 2.02. The summed E-state index contributed by atoms with van der Waals surface area (Å²) in [5, 5.41) is 4.13. The summed E-state index contributed by atoms with van der Waals surface area (Å²) in [5.41, 5.74) is 1.11. The Morgan fingerprint density at radius 1 is 1.16 bits per heavy atom. The van der Waals surface area contributed by atoms with Gasteiger partial charge in [0, 0.05) is 30.1 Å². The molecule has 1 aliphatic carbocycles. The molecule has 3 nitrogen and oxygen atoms in total. The van der Waals surface area contributed by atoms with E-state index in [-0.39, 0.29) is 6.29 Å². The van der Waals surface area contributed by atoms with Gasteiger partial charge >= 0.3 is 0 Å². The largest absolute Gasteiger partial charge is 0.380 e. The van der Waals surface area contributed by atoms with E-state index in [1.54, 1.807) is 14.2 Å². The van der Waals surface area contributed by atoms with Crippen LogP contribution >= 0.6 is 11.8 Å². The van der Waals surface area contributed by atoms with E-state index >= 15 is 0 Å². The quantitative estimate of drug-likeness (QED) is 0.771. The van der Waals surface area contributed by atoms with Gasteiger partial charge in [-0.1, -0.05) is 12.8 Å². The molecule has 0 amide bonds. The molecule has 1 N–H and O–H groups in total. The molecule has 1 aliphatic rings. The zero-order valence-corrected chi connectivity index (χ0v) is 12.5. The van der Waals surface area contributed by atoms with Crippen LogP contribution in [0.3, 0.4) is 0 Å². The molecule has 0 unspecified atom stereocenters. The van der Waals surface area contributed by atoms with Crippen molar-refractivity contribution < 1.29 is 9.47 Å². The van der Waals surface area contributed by atoms with Gasteiger partial charge in [-0.2, -0.15) is 0 Å². The lowest BCUT2D eigenvalue weighted by molar-refractivity contribution is -0.0914. The van der Waals surface area contributed by atoms with Gasteiger partial charge in [-0.15, -0.1) is 11.8 Å². The Hall–Kier alpha value is -0.710. The van der Waals surface area contributed by atoms with Crippen LogP contribution in [-0.4, -0.2) is 32.3 Å². The first kappa shape index (κ1) is 14.7. The van der Waals surface area contributed by atoms with Crippen molar-refractivity contribution in [1.29, 1.82) is 0 Å². The van der Waals surface area contributed by atoms with Crippen molar-refractivity contribution in [2.24, 2.45) is 0 Å². The van der Waals surface area contributed by atoms with E-state index in [1.165, 1.54) is 30.6 Å². The molecule has 1 aromatic carbocycles. The number of anilines is 1. The van der Waals surface area contributed by atoms with Gasteiger partial charge in [0.2, 0.25) is 0 Å². The molecule has 0 spiro atoms. The maximum atomic E-state index is 5.14. The Kier molecular flexibility index (Phi) is 6.01. The predicted molar refractivity (Wildman–Crippen MR) is 80.9 cm³/mol. The number of methoxy groups -OCH3 is 2. The lowest BCUT2D eigenvalue weighted by Gasteiger charge is -2.15.